The maximum atomic E-state index is 13.5. The molecule has 2 amide bonds. The molecule has 1 atom stereocenters. The highest BCUT2D eigenvalue weighted by Crippen LogP contribution is 2.32. The first-order chi connectivity index (χ1) is 19.0. The monoisotopic (exact) mass is 529 g/mol. The molecule has 8 nitrogen and oxygen atoms in total. The molecule has 2 aliphatic rings. The Labute approximate surface area is 230 Å². The zero-order valence-corrected chi connectivity index (χ0v) is 22.8. The summed E-state index contributed by atoms with van der Waals surface area (Å²) in [5.41, 5.74) is 1.48. The second-order valence-corrected chi connectivity index (χ2v) is 11.0. The van der Waals surface area contributed by atoms with Crippen molar-refractivity contribution in [1.29, 1.82) is 0 Å². The van der Waals surface area contributed by atoms with E-state index < -0.39 is 5.54 Å². The first-order valence-corrected chi connectivity index (χ1v) is 14.2. The number of amides is 2. The number of likely N-dealkylation sites (tertiary alicyclic amines) is 1. The molecule has 206 valence electrons. The smallest absolute Gasteiger partial charge is 0.246 e. The summed E-state index contributed by atoms with van der Waals surface area (Å²) in [6.07, 6.45) is 6.71. The van der Waals surface area contributed by atoms with Gasteiger partial charge in [-0.2, -0.15) is 4.98 Å². The van der Waals surface area contributed by atoms with E-state index in [0.29, 0.717) is 19.3 Å². The second kappa shape index (κ2) is 12.6. The Kier molecular flexibility index (Phi) is 8.71. The Hall–Kier alpha value is -3.52. The van der Waals surface area contributed by atoms with Gasteiger partial charge in [0.05, 0.1) is 6.04 Å². The zero-order chi connectivity index (χ0) is 27.1. The van der Waals surface area contributed by atoms with Crippen molar-refractivity contribution in [2.75, 3.05) is 19.6 Å². The molecular weight excluding hydrogens is 490 g/mol. The van der Waals surface area contributed by atoms with Crippen LogP contribution in [0.25, 0.3) is 0 Å². The standard InChI is InChI=1S/C31H39N5O3/c1-23(37)34-31(17-8-9-18-31)30(38)32-27(25-12-6-3-7-13-25)16-21-36-19-14-26(15-20-36)29-33-28(35-39-29)22-24-10-4-2-5-11-24/h2-7,10-13,26-27H,8-9,14-22H2,1H3,(H,32,38)(H,34,37)/t27-/m0/s1. The first kappa shape index (κ1) is 27.1. The van der Waals surface area contributed by atoms with Crippen LogP contribution in [-0.2, 0) is 16.0 Å². The lowest BCUT2D eigenvalue weighted by Crippen LogP contribution is -2.57. The summed E-state index contributed by atoms with van der Waals surface area (Å²) >= 11 is 0. The average molecular weight is 530 g/mol. The molecule has 39 heavy (non-hydrogen) atoms. The molecule has 5 rings (SSSR count). The Balaban J connectivity index is 1.16. The van der Waals surface area contributed by atoms with Crippen LogP contribution in [0.15, 0.2) is 65.2 Å². The number of hydrogen-bond acceptors (Lipinski definition) is 6. The summed E-state index contributed by atoms with van der Waals surface area (Å²) in [7, 11) is 0. The molecule has 0 spiro atoms. The van der Waals surface area contributed by atoms with E-state index in [1.54, 1.807) is 0 Å². The van der Waals surface area contributed by atoms with E-state index in [9.17, 15) is 9.59 Å². The lowest BCUT2D eigenvalue weighted by Gasteiger charge is -2.33. The highest BCUT2D eigenvalue weighted by Gasteiger charge is 2.42. The molecule has 2 heterocycles. The van der Waals surface area contributed by atoms with Crippen molar-refractivity contribution in [2.24, 2.45) is 0 Å². The van der Waals surface area contributed by atoms with Gasteiger partial charge in [0.15, 0.2) is 5.82 Å². The van der Waals surface area contributed by atoms with E-state index in [1.807, 2.05) is 36.4 Å². The van der Waals surface area contributed by atoms with Gasteiger partial charge < -0.3 is 20.1 Å². The Morgan fingerprint density at radius 3 is 2.36 bits per heavy atom. The number of nitrogens with one attached hydrogen (secondary N) is 2. The van der Waals surface area contributed by atoms with E-state index >= 15 is 0 Å². The number of rotatable bonds is 10. The lowest BCUT2D eigenvalue weighted by atomic mass is 9.93. The normalized spacial score (nSPS) is 18.5. The van der Waals surface area contributed by atoms with E-state index in [1.165, 1.54) is 12.5 Å². The predicted molar refractivity (Wildman–Crippen MR) is 149 cm³/mol. The fraction of sp³-hybridized carbons (Fsp3) is 0.484. The summed E-state index contributed by atoms with van der Waals surface area (Å²) in [6, 6.07) is 20.2. The van der Waals surface area contributed by atoms with E-state index in [2.05, 4.69) is 45.0 Å². The van der Waals surface area contributed by atoms with Gasteiger partial charge in [-0.1, -0.05) is 78.7 Å². The lowest BCUT2D eigenvalue weighted by molar-refractivity contribution is -0.133. The number of carbonyl (C=O) groups is 2. The van der Waals surface area contributed by atoms with Gasteiger partial charge in [-0.3, -0.25) is 9.59 Å². The quantitative estimate of drug-likeness (QED) is 0.400. The molecule has 1 aliphatic carbocycles. The highest BCUT2D eigenvalue weighted by atomic mass is 16.5. The maximum Gasteiger partial charge on any atom is 0.246 e. The molecular formula is C31H39N5O3. The van der Waals surface area contributed by atoms with Crippen molar-refractivity contribution >= 4 is 11.8 Å². The summed E-state index contributed by atoms with van der Waals surface area (Å²) in [6.45, 7) is 4.27. The van der Waals surface area contributed by atoms with Gasteiger partial charge in [-0.05, 0) is 56.3 Å². The van der Waals surface area contributed by atoms with Crippen molar-refractivity contribution < 1.29 is 14.1 Å². The molecule has 1 saturated heterocycles. The van der Waals surface area contributed by atoms with Crippen LogP contribution >= 0.6 is 0 Å². The molecule has 0 bridgehead atoms. The number of carbonyl (C=O) groups excluding carboxylic acids is 2. The zero-order valence-electron chi connectivity index (χ0n) is 22.8. The molecule has 0 unspecified atom stereocenters. The van der Waals surface area contributed by atoms with Crippen LogP contribution in [0.4, 0.5) is 0 Å². The number of hydrogen-bond donors (Lipinski definition) is 2. The molecule has 2 aromatic carbocycles. The average Bonchev–Trinajstić information content (AvgIpc) is 3.62. The van der Waals surface area contributed by atoms with Crippen LogP contribution in [0.5, 0.6) is 0 Å². The molecule has 1 saturated carbocycles. The Morgan fingerprint density at radius 2 is 1.69 bits per heavy atom. The predicted octanol–water partition coefficient (Wildman–Crippen LogP) is 4.54. The van der Waals surface area contributed by atoms with Crippen LogP contribution in [-0.4, -0.2) is 52.0 Å². The minimum Gasteiger partial charge on any atom is -0.347 e. The molecule has 1 aromatic heterocycles. The number of nitrogens with zero attached hydrogens (tertiary/aromatic N) is 3. The molecule has 3 aromatic rings. The van der Waals surface area contributed by atoms with E-state index in [-0.39, 0.29) is 23.8 Å². The molecule has 0 radical (unpaired) electrons. The van der Waals surface area contributed by atoms with E-state index in [0.717, 1.165) is 69.0 Å². The molecule has 8 heteroatoms. The second-order valence-electron chi connectivity index (χ2n) is 11.0. The van der Waals surface area contributed by atoms with Gasteiger partial charge >= 0.3 is 0 Å². The van der Waals surface area contributed by atoms with Gasteiger partial charge in [0.2, 0.25) is 17.7 Å². The SMILES string of the molecule is CC(=O)NC1(C(=O)N[C@@H](CCN2CCC(c3nc(Cc4ccccc4)no3)CC2)c2ccccc2)CCCC1. The minimum absolute atomic E-state index is 0.0644. The number of aromatic nitrogens is 2. The van der Waals surface area contributed by atoms with Crippen LogP contribution in [0, 0.1) is 0 Å². The summed E-state index contributed by atoms with van der Waals surface area (Å²) in [4.78, 5) is 32.5. The van der Waals surface area contributed by atoms with Crippen molar-refractivity contribution in [1.82, 2.24) is 25.7 Å². The fourth-order valence-corrected chi connectivity index (χ4v) is 6.03. The van der Waals surface area contributed by atoms with E-state index in [4.69, 9.17) is 9.51 Å². The third-order valence-corrected chi connectivity index (χ3v) is 8.17. The maximum absolute atomic E-state index is 13.5. The number of benzene rings is 2. The molecule has 1 aliphatic heterocycles. The Morgan fingerprint density at radius 1 is 1.03 bits per heavy atom. The van der Waals surface area contributed by atoms with Gasteiger partial charge in [0, 0.05) is 25.8 Å². The highest BCUT2D eigenvalue weighted by molar-refractivity contribution is 5.91. The molecule has 2 N–H and O–H groups in total. The third kappa shape index (κ3) is 6.92. The van der Waals surface area contributed by atoms with Crippen molar-refractivity contribution in [3.8, 4) is 0 Å². The topological polar surface area (TPSA) is 100 Å². The van der Waals surface area contributed by atoms with Crippen LogP contribution < -0.4 is 10.6 Å². The van der Waals surface area contributed by atoms with Crippen LogP contribution in [0.2, 0.25) is 0 Å². The van der Waals surface area contributed by atoms with Gasteiger partial charge in [-0.25, -0.2) is 0 Å². The van der Waals surface area contributed by atoms with Crippen LogP contribution in [0.3, 0.4) is 0 Å². The summed E-state index contributed by atoms with van der Waals surface area (Å²) in [5.74, 6) is 1.54. The first-order valence-electron chi connectivity index (χ1n) is 14.2. The molecule has 2 fully saturated rings. The summed E-state index contributed by atoms with van der Waals surface area (Å²) < 4.78 is 5.64. The van der Waals surface area contributed by atoms with Crippen molar-refractivity contribution in [3.63, 3.8) is 0 Å². The number of piperidine rings is 1. The third-order valence-electron chi connectivity index (χ3n) is 8.17. The van der Waals surface area contributed by atoms with Crippen molar-refractivity contribution in [3.05, 3.63) is 83.5 Å². The van der Waals surface area contributed by atoms with Crippen molar-refractivity contribution in [2.45, 2.75) is 75.8 Å². The fourth-order valence-electron chi connectivity index (χ4n) is 6.03. The van der Waals surface area contributed by atoms with Gasteiger partial charge in [0.25, 0.3) is 0 Å². The minimum atomic E-state index is -0.791. The summed E-state index contributed by atoms with van der Waals surface area (Å²) in [5, 5.41) is 10.5. The van der Waals surface area contributed by atoms with Gasteiger partial charge in [0.1, 0.15) is 5.54 Å². The van der Waals surface area contributed by atoms with Gasteiger partial charge in [-0.15, -0.1) is 0 Å². The largest absolute Gasteiger partial charge is 0.347 e. The van der Waals surface area contributed by atoms with Crippen LogP contribution in [0.1, 0.15) is 86.7 Å². The Bertz CT molecular complexity index is 1220.